The third-order valence-corrected chi connectivity index (χ3v) is 5.96. The van der Waals surface area contributed by atoms with Crippen LogP contribution in [0.3, 0.4) is 0 Å². The van der Waals surface area contributed by atoms with Gasteiger partial charge in [-0.1, -0.05) is 36.4 Å². The molecule has 2 aromatic carbocycles. The van der Waals surface area contributed by atoms with E-state index in [1.54, 1.807) is 7.11 Å². The summed E-state index contributed by atoms with van der Waals surface area (Å²) < 4.78 is 11.9. The SMILES string of the molecule is COc1cccc(NCCC2CC(c3ccccc3)C(C)(C)OC2(C)C)c1. The Kier molecular flexibility index (Phi) is 5.81. The van der Waals surface area contributed by atoms with E-state index in [9.17, 15) is 0 Å². The van der Waals surface area contributed by atoms with Crippen LogP contribution in [0.4, 0.5) is 5.69 Å². The van der Waals surface area contributed by atoms with Crippen LogP contribution in [-0.4, -0.2) is 24.9 Å². The topological polar surface area (TPSA) is 30.5 Å². The first-order valence-electron chi connectivity index (χ1n) is 9.95. The Hall–Kier alpha value is -2.00. The van der Waals surface area contributed by atoms with Gasteiger partial charge in [0, 0.05) is 24.2 Å². The summed E-state index contributed by atoms with van der Waals surface area (Å²) in [6.07, 6.45) is 2.22. The minimum atomic E-state index is -0.165. The number of hydrogen-bond acceptors (Lipinski definition) is 3. The first-order chi connectivity index (χ1) is 12.8. The molecule has 1 N–H and O–H groups in total. The van der Waals surface area contributed by atoms with Crippen molar-refractivity contribution in [2.75, 3.05) is 19.0 Å². The highest BCUT2D eigenvalue weighted by molar-refractivity contribution is 5.48. The number of benzene rings is 2. The van der Waals surface area contributed by atoms with Crippen LogP contribution >= 0.6 is 0 Å². The van der Waals surface area contributed by atoms with Gasteiger partial charge in [0.1, 0.15) is 5.75 Å². The van der Waals surface area contributed by atoms with Gasteiger partial charge in [-0.25, -0.2) is 0 Å². The fraction of sp³-hybridized carbons (Fsp3) is 0.500. The van der Waals surface area contributed by atoms with E-state index in [2.05, 4.69) is 69.4 Å². The molecule has 1 aliphatic rings. The molecule has 3 rings (SSSR count). The zero-order valence-corrected chi connectivity index (χ0v) is 17.3. The average molecular weight is 368 g/mol. The van der Waals surface area contributed by atoms with Gasteiger partial charge in [-0.05, 0) is 64.2 Å². The smallest absolute Gasteiger partial charge is 0.120 e. The third kappa shape index (κ3) is 4.65. The number of ether oxygens (including phenoxy) is 2. The Morgan fingerprint density at radius 1 is 1.00 bits per heavy atom. The van der Waals surface area contributed by atoms with Gasteiger partial charge in [0.05, 0.1) is 18.3 Å². The highest BCUT2D eigenvalue weighted by atomic mass is 16.5. The van der Waals surface area contributed by atoms with Crippen molar-refractivity contribution in [2.45, 2.75) is 57.7 Å². The second kappa shape index (κ2) is 7.93. The Bertz CT molecular complexity index is 739. The molecule has 0 bridgehead atoms. The molecule has 1 aliphatic heterocycles. The number of nitrogens with one attached hydrogen (secondary N) is 1. The van der Waals surface area contributed by atoms with Crippen LogP contribution in [0.25, 0.3) is 0 Å². The van der Waals surface area contributed by atoms with E-state index in [1.165, 1.54) is 5.56 Å². The van der Waals surface area contributed by atoms with Crippen LogP contribution in [0, 0.1) is 5.92 Å². The monoisotopic (exact) mass is 367 g/mol. The van der Waals surface area contributed by atoms with Crippen LogP contribution in [-0.2, 0) is 4.74 Å². The quantitative estimate of drug-likeness (QED) is 0.692. The van der Waals surface area contributed by atoms with Gasteiger partial charge in [0.25, 0.3) is 0 Å². The molecule has 0 aliphatic carbocycles. The lowest BCUT2D eigenvalue weighted by Crippen LogP contribution is -2.52. The molecule has 0 spiro atoms. The van der Waals surface area contributed by atoms with Crippen LogP contribution in [0.1, 0.15) is 52.0 Å². The molecule has 27 heavy (non-hydrogen) atoms. The first-order valence-corrected chi connectivity index (χ1v) is 9.95. The van der Waals surface area contributed by atoms with Gasteiger partial charge in [-0.15, -0.1) is 0 Å². The van der Waals surface area contributed by atoms with Crippen molar-refractivity contribution >= 4 is 5.69 Å². The maximum absolute atomic E-state index is 6.63. The molecule has 3 heteroatoms. The largest absolute Gasteiger partial charge is 0.497 e. The van der Waals surface area contributed by atoms with E-state index >= 15 is 0 Å². The van der Waals surface area contributed by atoms with E-state index < -0.39 is 0 Å². The summed E-state index contributed by atoms with van der Waals surface area (Å²) in [5, 5.41) is 3.54. The Labute approximate surface area is 164 Å². The van der Waals surface area contributed by atoms with Gasteiger partial charge in [-0.2, -0.15) is 0 Å². The van der Waals surface area contributed by atoms with Gasteiger partial charge in [0.15, 0.2) is 0 Å². The van der Waals surface area contributed by atoms with Crippen molar-refractivity contribution in [3.63, 3.8) is 0 Å². The highest BCUT2D eigenvalue weighted by Gasteiger charge is 2.47. The molecule has 2 unspecified atom stereocenters. The van der Waals surface area contributed by atoms with Crippen molar-refractivity contribution < 1.29 is 9.47 Å². The molecule has 0 radical (unpaired) electrons. The summed E-state index contributed by atoms with van der Waals surface area (Å²) in [4.78, 5) is 0. The number of methoxy groups -OCH3 is 1. The van der Waals surface area contributed by atoms with Crippen molar-refractivity contribution in [3.05, 3.63) is 60.2 Å². The van der Waals surface area contributed by atoms with Gasteiger partial charge in [-0.3, -0.25) is 0 Å². The zero-order valence-electron chi connectivity index (χ0n) is 17.3. The van der Waals surface area contributed by atoms with Crippen LogP contribution in [0.15, 0.2) is 54.6 Å². The second-order valence-corrected chi connectivity index (χ2v) is 8.65. The highest BCUT2D eigenvalue weighted by Crippen LogP contribution is 2.48. The second-order valence-electron chi connectivity index (χ2n) is 8.65. The predicted molar refractivity (Wildman–Crippen MR) is 113 cm³/mol. The molecular formula is C24H33NO2. The van der Waals surface area contributed by atoms with Crippen LogP contribution in [0.2, 0.25) is 0 Å². The Balaban J connectivity index is 1.68. The number of anilines is 1. The lowest BCUT2D eigenvalue weighted by Gasteiger charge is -2.51. The number of hydrogen-bond donors (Lipinski definition) is 1. The molecule has 2 atom stereocenters. The summed E-state index contributed by atoms with van der Waals surface area (Å²) in [7, 11) is 1.70. The summed E-state index contributed by atoms with van der Waals surface area (Å²) in [6, 6.07) is 18.9. The van der Waals surface area contributed by atoms with Crippen molar-refractivity contribution in [1.29, 1.82) is 0 Å². The minimum absolute atomic E-state index is 0.134. The molecule has 1 fully saturated rings. The normalized spacial score (nSPS) is 23.6. The summed E-state index contributed by atoms with van der Waals surface area (Å²) in [5.41, 5.74) is 2.18. The molecule has 3 nitrogen and oxygen atoms in total. The van der Waals surface area contributed by atoms with E-state index in [-0.39, 0.29) is 11.2 Å². The summed E-state index contributed by atoms with van der Waals surface area (Å²) in [5.74, 6) is 1.79. The molecule has 0 aromatic heterocycles. The molecule has 146 valence electrons. The predicted octanol–water partition coefficient (Wildman–Crippen LogP) is 5.87. The van der Waals surface area contributed by atoms with Gasteiger partial charge < -0.3 is 14.8 Å². The van der Waals surface area contributed by atoms with Crippen molar-refractivity contribution in [2.24, 2.45) is 5.92 Å². The van der Waals surface area contributed by atoms with Crippen molar-refractivity contribution in [1.82, 2.24) is 0 Å². The molecule has 0 saturated carbocycles. The Morgan fingerprint density at radius 3 is 2.44 bits per heavy atom. The van der Waals surface area contributed by atoms with Gasteiger partial charge in [0.2, 0.25) is 0 Å². The van der Waals surface area contributed by atoms with E-state index in [1.807, 2.05) is 18.2 Å². The maximum atomic E-state index is 6.63. The fourth-order valence-corrected chi connectivity index (χ4v) is 4.50. The first kappa shape index (κ1) is 19.8. The zero-order chi connectivity index (χ0) is 19.5. The lowest BCUT2D eigenvalue weighted by molar-refractivity contribution is -0.196. The fourth-order valence-electron chi connectivity index (χ4n) is 4.50. The molecular weight excluding hydrogens is 334 g/mol. The third-order valence-electron chi connectivity index (χ3n) is 5.96. The van der Waals surface area contributed by atoms with Crippen LogP contribution in [0.5, 0.6) is 5.75 Å². The molecule has 0 amide bonds. The van der Waals surface area contributed by atoms with E-state index in [0.717, 1.165) is 30.8 Å². The summed E-state index contributed by atoms with van der Waals surface area (Å²) in [6.45, 7) is 9.87. The molecule has 1 saturated heterocycles. The maximum Gasteiger partial charge on any atom is 0.120 e. The summed E-state index contributed by atoms with van der Waals surface area (Å²) >= 11 is 0. The van der Waals surface area contributed by atoms with Crippen molar-refractivity contribution in [3.8, 4) is 5.75 Å². The average Bonchev–Trinajstić information content (AvgIpc) is 2.63. The minimum Gasteiger partial charge on any atom is -0.497 e. The lowest BCUT2D eigenvalue weighted by atomic mass is 9.69. The Morgan fingerprint density at radius 2 is 1.74 bits per heavy atom. The van der Waals surface area contributed by atoms with Gasteiger partial charge >= 0.3 is 0 Å². The standard InChI is InChI=1S/C24H33NO2/c1-23(2)19(14-15-25-20-12-9-13-21(17-20)26-5)16-22(24(3,4)27-23)18-10-7-6-8-11-18/h6-13,17,19,22,25H,14-16H2,1-5H3. The molecule has 1 heterocycles. The van der Waals surface area contributed by atoms with Crippen LogP contribution < -0.4 is 10.1 Å². The molecule has 2 aromatic rings. The van der Waals surface area contributed by atoms with E-state index in [0.29, 0.717) is 11.8 Å². The number of rotatable bonds is 6. The van der Waals surface area contributed by atoms with E-state index in [4.69, 9.17) is 9.47 Å².